The number of nitrogens with one attached hydrogen (secondary N) is 2. The highest BCUT2D eigenvalue weighted by molar-refractivity contribution is 9.10. The Kier molecular flexibility index (Phi) is 3.99. The fraction of sp³-hybridized carbons (Fsp3) is 0.0714. The molecule has 3 nitrogen and oxygen atoms in total. The summed E-state index contributed by atoms with van der Waals surface area (Å²) in [4.78, 5) is 12.1. The molecule has 1 amide bonds. The molecular weight excluding hydrogens is 292 g/mol. The average molecular weight is 305 g/mol. The van der Waals surface area contributed by atoms with Crippen LogP contribution in [0.15, 0.2) is 53.0 Å². The minimum Gasteiger partial charge on any atom is -0.387 e. The number of para-hydroxylation sites is 1. The zero-order valence-corrected chi connectivity index (χ0v) is 11.5. The van der Waals surface area contributed by atoms with Crippen molar-refractivity contribution in [2.24, 2.45) is 0 Å². The summed E-state index contributed by atoms with van der Waals surface area (Å²) in [7, 11) is 1.80. The molecule has 0 radical (unpaired) electrons. The van der Waals surface area contributed by atoms with E-state index in [0.29, 0.717) is 5.56 Å². The molecule has 0 bridgehead atoms. The van der Waals surface area contributed by atoms with Gasteiger partial charge in [-0.2, -0.15) is 0 Å². The Balaban J connectivity index is 2.22. The van der Waals surface area contributed by atoms with Gasteiger partial charge >= 0.3 is 0 Å². The first-order chi connectivity index (χ1) is 8.70. The summed E-state index contributed by atoms with van der Waals surface area (Å²) >= 11 is 3.37. The zero-order valence-electron chi connectivity index (χ0n) is 9.91. The van der Waals surface area contributed by atoms with E-state index in [1.807, 2.05) is 42.5 Å². The average Bonchev–Trinajstić information content (AvgIpc) is 2.38. The first-order valence-electron chi connectivity index (χ1n) is 5.54. The van der Waals surface area contributed by atoms with E-state index < -0.39 is 0 Å². The smallest absolute Gasteiger partial charge is 0.257 e. The van der Waals surface area contributed by atoms with Crippen molar-refractivity contribution in [1.29, 1.82) is 0 Å². The Morgan fingerprint density at radius 2 is 1.89 bits per heavy atom. The van der Waals surface area contributed by atoms with Crippen molar-refractivity contribution in [2.75, 3.05) is 17.7 Å². The van der Waals surface area contributed by atoms with Crippen molar-refractivity contribution in [1.82, 2.24) is 0 Å². The van der Waals surface area contributed by atoms with Crippen molar-refractivity contribution in [2.45, 2.75) is 0 Å². The van der Waals surface area contributed by atoms with Gasteiger partial charge in [0, 0.05) is 22.9 Å². The molecule has 0 atom stereocenters. The Hall–Kier alpha value is -1.81. The SMILES string of the molecule is CNc1ccccc1C(=O)Nc1cccc(Br)c1. The summed E-state index contributed by atoms with van der Waals surface area (Å²) < 4.78 is 0.933. The number of carbonyl (C=O) groups excluding carboxylic acids is 1. The van der Waals surface area contributed by atoms with Crippen molar-refractivity contribution < 1.29 is 4.79 Å². The maximum atomic E-state index is 12.1. The van der Waals surface area contributed by atoms with Gasteiger partial charge in [-0.05, 0) is 30.3 Å². The van der Waals surface area contributed by atoms with Crippen molar-refractivity contribution >= 4 is 33.2 Å². The van der Waals surface area contributed by atoms with Gasteiger partial charge < -0.3 is 10.6 Å². The zero-order chi connectivity index (χ0) is 13.0. The van der Waals surface area contributed by atoms with E-state index in [1.165, 1.54) is 0 Å². The fourth-order valence-electron chi connectivity index (χ4n) is 1.66. The van der Waals surface area contributed by atoms with E-state index in [0.717, 1.165) is 15.8 Å². The third-order valence-corrected chi connectivity index (χ3v) is 3.02. The second-order valence-corrected chi connectivity index (χ2v) is 4.68. The molecule has 2 aromatic carbocycles. The van der Waals surface area contributed by atoms with Crippen LogP contribution in [0.3, 0.4) is 0 Å². The van der Waals surface area contributed by atoms with Crippen LogP contribution in [-0.2, 0) is 0 Å². The molecule has 0 heterocycles. The monoisotopic (exact) mass is 304 g/mol. The molecule has 0 aromatic heterocycles. The predicted molar refractivity (Wildman–Crippen MR) is 78.1 cm³/mol. The first-order valence-corrected chi connectivity index (χ1v) is 6.33. The summed E-state index contributed by atoms with van der Waals surface area (Å²) in [6, 6.07) is 14.9. The van der Waals surface area contributed by atoms with Crippen LogP contribution in [0.1, 0.15) is 10.4 Å². The molecular formula is C14H13BrN2O. The highest BCUT2D eigenvalue weighted by atomic mass is 79.9. The van der Waals surface area contributed by atoms with Gasteiger partial charge in [-0.15, -0.1) is 0 Å². The lowest BCUT2D eigenvalue weighted by Gasteiger charge is -2.09. The lowest BCUT2D eigenvalue weighted by molar-refractivity contribution is 0.102. The van der Waals surface area contributed by atoms with Crippen LogP contribution in [0.5, 0.6) is 0 Å². The lowest BCUT2D eigenvalue weighted by atomic mass is 10.1. The molecule has 92 valence electrons. The summed E-state index contributed by atoms with van der Waals surface area (Å²) in [5, 5.41) is 5.87. The van der Waals surface area contributed by atoms with Gasteiger partial charge in [0.25, 0.3) is 5.91 Å². The summed E-state index contributed by atoms with van der Waals surface area (Å²) in [5.74, 6) is -0.127. The van der Waals surface area contributed by atoms with Gasteiger partial charge in [0.05, 0.1) is 5.56 Å². The molecule has 2 aromatic rings. The van der Waals surface area contributed by atoms with Gasteiger partial charge in [-0.25, -0.2) is 0 Å². The van der Waals surface area contributed by atoms with Crippen LogP contribution in [-0.4, -0.2) is 13.0 Å². The summed E-state index contributed by atoms with van der Waals surface area (Å²) in [6.07, 6.45) is 0. The van der Waals surface area contributed by atoms with Crippen LogP contribution in [0.4, 0.5) is 11.4 Å². The molecule has 4 heteroatoms. The van der Waals surface area contributed by atoms with Crippen LogP contribution < -0.4 is 10.6 Å². The van der Waals surface area contributed by atoms with E-state index in [2.05, 4.69) is 26.6 Å². The molecule has 0 saturated carbocycles. The second-order valence-electron chi connectivity index (χ2n) is 3.76. The molecule has 0 saturated heterocycles. The van der Waals surface area contributed by atoms with Gasteiger partial charge in [0.15, 0.2) is 0 Å². The number of halogens is 1. The standard InChI is InChI=1S/C14H13BrN2O/c1-16-13-8-3-2-7-12(13)14(18)17-11-6-4-5-10(15)9-11/h2-9,16H,1H3,(H,17,18). The van der Waals surface area contributed by atoms with Gasteiger partial charge in [0.2, 0.25) is 0 Å². The summed E-state index contributed by atoms with van der Waals surface area (Å²) in [5.41, 5.74) is 2.20. The number of amides is 1. The molecule has 0 fully saturated rings. The highest BCUT2D eigenvalue weighted by Crippen LogP contribution is 2.19. The van der Waals surface area contributed by atoms with E-state index in [9.17, 15) is 4.79 Å². The third-order valence-electron chi connectivity index (χ3n) is 2.52. The largest absolute Gasteiger partial charge is 0.387 e. The number of carbonyl (C=O) groups is 1. The normalized spacial score (nSPS) is 9.89. The highest BCUT2D eigenvalue weighted by Gasteiger charge is 2.09. The van der Waals surface area contributed by atoms with E-state index in [4.69, 9.17) is 0 Å². The molecule has 18 heavy (non-hydrogen) atoms. The lowest BCUT2D eigenvalue weighted by Crippen LogP contribution is -2.13. The molecule has 0 aliphatic heterocycles. The van der Waals surface area contributed by atoms with Crippen molar-refractivity contribution in [3.05, 3.63) is 58.6 Å². The Labute approximate surface area is 114 Å². The molecule has 2 N–H and O–H groups in total. The number of rotatable bonds is 3. The van der Waals surface area contributed by atoms with Gasteiger partial charge in [0.1, 0.15) is 0 Å². The topological polar surface area (TPSA) is 41.1 Å². The number of benzene rings is 2. The van der Waals surface area contributed by atoms with Gasteiger partial charge in [-0.1, -0.05) is 34.1 Å². The molecule has 0 unspecified atom stereocenters. The second kappa shape index (κ2) is 5.69. The van der Waals surface area contributed by atoms with E-state index in [1.54, 1.807) is 13.1 Å². The van der Waals surface area contributed by atoms with Crippen LogP contribution in [0.25, 0.3) is 0 Å². The van der Waals surface area contributed by atoms with Crippen molar-refractivity contribution in [3.63, 3.8) is 0 Å². The Bertz CT molecular complexity index is 569. The van der Waals surface area contributed by atoms with Gasteiger partial charge in [-0.3, -0.25) is 4.79 Å². The predicted octanol–water partition coefficient (Wildman–Crippen LogP) is 3.74. The van der Waals surface area contributed by atoms with Crippen molar-refractivity contribution in [3.8, 4) is 0 Å². The molecule has 0 aliphatic rings. The minimum atomic E-state index is -0.127. The molecule has 0 spiro atoms. The summed E-state index contributed by atoms with van der Waals surface area (Å²) in [6.45, 7) is 0. The van der Waals surface area contributed by atoms with Crippen LogP contribution in [0, 0.1) is 0 Å². The van der Waals surface area contributed by atoms with E-state index >= 15 is 0 Å². The number of anilines is 2. The van der Waals surface area contributed by atoms with E-state index in [-0.39, 0.29) is 5.91 Å². The first kappa shape index (κ1) is 12.6. The molecule has 0 aliphatic carbocycles. The number of hydrogen-bond donors (Lipinski definition) is 2. The van der Waals surface area contributed by atoms with Crippen LogP contribution >= 0.6 is 15.9 Å². The van der Waals surface area contributed by atoms with Crippen LogP contribution in [0.2, 0.25) is 0 Å². The Morgan fingerprint density at radius 1 is 1.11 bits per heavy atom. The minimum absolute atomic E-state index is 0.127. The quantitative estimate of drug-likeness (QED) is 0.907. The maximum Gasteiger partial charge on any atom is 0.257 e. The fourth-order valence-corrected chi connectivity index (χ4v) is 2.06. The maximum absolute atomic E-state index is 12.1. The number of hydrogen-bond acceptors (Lipinski definition) is 2. The molecule has 2 rings (SSSR count). The third kappa shape index (κ3) is 2.90. The Morgan fingerprint density at radius 3 is 2.61 bits per heavy atom.